The predicted octanol–water partition coefficient (Wildman–Crippen LogP) is 3.59. The number of nitrogens with one attached hydrogen (secondary N) is 1. The van der Waals surface area contributed by atoms with Gasteiger partial charge in [0.15, 0.2) is 6.61 Å². The van der Waals surface area contributed by atoms with Crippen LogP contribution in [-0.2, 0) is 4.79 Å². The van der Waals surface area contributed by atoms with Gasteiger partial charge in [-0.3, -0.25) is 4.79 Å². The summed E-state index contributed by atoms with van der Waals surface area (Å²) in [7, 11) is 0. The number of aryl methyl sites for hydroxylation is 2. The van der Waals surface area contributed by atoms with Gasteiger partial charge >= 0.3 is 0 Å². The van der Waals surface area contributed by atoms with E-state index in [0.29, 0.717) is 5.75 Å². The van der Waals surface area contributed by atoms with E-state index >= 15 is 0 Å². The lowest BCUT2D eigenvalue weighted by atomic mass is 10.0. The summed E-state index contributed by atoms with van der Waals surface area (Å²) in [5.74, 6) is 0.543. The Kier molecular flexibility index (Phi) is 5.92. The van der Waals surface area contributed by atoms with Gasteiger partial charge in [0.25, 0.3) is 5.91 Å². The number of amides is 1. The highest BCUT2D eigenvalue weighted by Gasteiger charge is 2.04. The standard InChI is InChI=1S/C19H22N2O2/c1-14-9-10-18(11-15(14)2)23-13-19(22)21-20-12-16(3)17-7-5-4-6-8-17/h4-12,16H,13H2,1-3H3,(H,21,22)/b20-12+. The normalized spacial score (nSPS) is 12.1. The van der Waals surface area contributed by atoms with Crippen molar-refractivity contribution in [3.8, 4) is 5.75 Å². The molecule has 2 rings (SSSR count). The molecule has 4 heteroatoms. The largest absolute Gasteiger partial charge is 0.484 e. The van der Waals surface area contributed by atoms with Gasteiger partial charge < -0.3 is 4.74 Å². The minimum absolute atomic E-state index is 0.0560. The smallest absolute Gasteiger partial charge is 0.277 e. The van der Waals surface area contributed by atoms with E-state index in [9.17, 15) is 4.79 Å². The second-order valence-corrected chi connectivity index (χ2v) is 5.55. The van der Waals surface area contributed by atoms with Crippen LogP contribution in [0.25, 0.3) is 0 Å². The first kappa shape index (κ1) is 16.7. The van der Waals surface area contributed by atoms with Gasteiger partial charge in [-0.05, 0) is 42.7 Å². The molecular weight excluding hydrogens is 288 g/mol. The number of rotatable bonds is 6. The summed E-state index contributed by atoms with van der Waals surface area (Å²) in [6, 6.07) is 15.7. The van der Waals surface area contributed by atoms with E-state index < -0.39 is 0 Å². The Balaban J connectivity index is 1.78. The molecular formula is C19H22N2O2. The molecule has 4 nitrogen and oxygen atoms in total. The molecule has 0 heterocycles. The molecule has 2 aromatic carbocycles. The fraction of sp³-hybridized carbons (Fsp3) is 0.263. The van der Waals surface area contributed by atoms with Crippen LogP contribution in [0.2, 0.25) is 0 Å². The number of carbonyl (C=O) groups is 1. The van der Waals surface area contributed by atoms with E-state index in [-0.39, 0.29) is 18.4 Å². The molecule has 1 atom stereocenters. The van der Waals surface area contributed by atoms with Crippen molar-refractivity contribution in [2.24, 2.45) is 5.10 Å². The van der Waals surface area contributed by atoms with Crippen LogP contribution in [0.5, 0.6) is 5.75 Å². The Hall–Kier alpha value is -2.62. The number of carbonyl (C=O) groups excluding carboxylic acids is 1. The fourth-order valence-corrected chi connectivity index (χ4v) is 2.05. The van der Waals surface area contributed by atoms with Crippen LogP contribution < -0.4 is 10.2 Å². The van der Waals surface area contributed by atoms with Crippen molar-refractivity contribution in [1.29, 1.82) is 0 Å². The van der Waals surface area contributed by atoms with Crippen molar-refractivity contribution >= 4 is 12.1 Å². The predicted molar refractivity (Wildman–Crippen MR) is 92.9 cm³/mol. The first-order chi connectivity index (χ1) is 11.1. The lowest BCUT2D eigenvalue weighted by Gasteiger charge is -2.08. The van der Waals surface area contributed by atoms with Gasteiger partial charge in [0.1, 0.15) is 5.75 Å². The Morgan fingerprint density at radius 3 is 2.61 bits per heavy atom. The van der Waals surface area contributed by atoms with Gasteiger partial charge in [0.05, 0.1) is 0 Å². The minimum atomic E-state index is -0.278. The number of ether oxygens (including phenoxy) is 1. The van der Waals surface area contributed by atoms with Crippen molar-refractivity contribution in [3.05, 3.63) is 65.2 Å². The average molecular weight is 310 g/mol. The third kappa shape index (κ3) is 5.25. The first-order valence-electron chi connectivity index (χ1n) is 7.63. The molecule has 0 aliphatic carbocycles. The molecule has 0 fully saturated rings. The second kappa shape index (κ2) is 8.13. The molecule has 1 unspecified atom stereocenters. The topological polar surface area (TPSA) is 50.7 Å². The molecule has 2 aromatic rings. The summed E-state index contributed by atoms with van der Waals surface area (Å²) < 4.78 is 5.46. The van der Waals surface area contributed by atoms with Gasteiger partial charge in [0.2, 0.25) is 0 Å². The zero-order chi connectivity index (χ0) is 16.7. The zero-order valence-electron chi connectivity index (χ0n) is 13.7. The van der Waals surface area contributed by atoms with Crippen LogP contribution in [0.15, 0.2) is 53.6 Å². The quantitative estimate of drug-likeness (QED) is 0.655. The zero-order valence-corrected chi connectivity index (χ0v) is 13.7. The van der Waals surface area contributed by atoms with Gasteiger partial charge in [-0.25, -0.2) is 5.43 Å². The maximum absolute atomic E-state index is 11.7. The number of nitrogens with zero attached hydrogens (tertiary/aromatic N) is 1. The molecule has 0 aromatic heterocycles. The fourth-order valence-electron chi connectivity index (χ4n) is 2.05. The summed E-state index contributed by atoms with van der Waals surface area (Å²) in [4.78, 5) is 11.7. The summed E-state index contributed by atoms with van der Waals surface area (Å²) in [6.45, 7) is 6.02. The Morgan fingerprint density at radius 1 is 1.17 bits per heavy atom. The van der Waals surface area contributed by atoms with Crippen molar-refractivity contribution in [3.63, 3.8) is 0 Å². The number of benzene rings is 2. The van der Waals surface area contributed by atoms with Gasteiger partial charge in [0, 0.05) is 12.1 Å². The average Bonchev–Trinajstić information content (AvgIpc) is 2.56. The molecule has 23 heavy (non-hydrogen) atoms. The molecule has 120 valence electrons. The summed E-state index contributed by atoms with van der Waals surface area (Å²) in [6.07, 6.45) is 1.71. The van der Waals surface area contributed by atoms with Gasteiger partial charge in [-0.2, -0.15) is 5.10 Å². The van der Waals surface area contributed by atoms with E-state index in [4.69, 9.17) is 4.74 Å². The van der Waals surface area contributed by atoms with E-state index in [1.165, 1.54) is 5.56 Å². The van der Waals surface area contributed by atoms with E-state index in [1.807, 2.05) is 69.3 Å². The molecule has 1 amide bonds. The molecule has 0 radical (unpaired) electrons. The number of hydrogen-bond donors (Lipinski definition) is 1. The van der Waals surface area contributed by atoms with E-state index in [1.54, 1.807) is 6.21 Å². The molecule has 0 aliphatic heterocycles. The Bertz CT molecular complexity index is 681. The first-order valence-corrected chi connectivity index (χ1v) is 7.63. The lowest BCUT2D eigenvalue weighted by Crippen LogP contribution is -2.24. The van der Waals surface area contributed by atoms with Crippen molar-refractivity contribution in [2.45, 2.75) is 26.7 Å². The van der Waals surface area contributed by atoms with Crippen LogP contribution in [0, 0.1) is 13.8 Å². The third-order valence-corrected chi connectivity index (χ3v) is 3.66. The van der Waals surface area contributed by atoms with E-state index in [0.717, 1.165) is 11.1 Å². The molecule has 0 bridgehead atoms. The van der Waals surface area contributed by atoms with Crippen LogP contribution >= 0.6 is 0 Å². The van der Waals surface area contributed by atoms with Gasteiger partial charge in [-0.1, -0.05) is 43.3 Å². The van der Waals surface area contributed by atoms with Crippen LogP contribution in [0.3, 0.4) is 0 Å². The maximum Gasteiger partial charge on any atom is 0.277 e. The molecule has 0 saturated carbocycles. The molecule has 0 aliphatic rings. The monoisotopic (exact) mass is 310 g/mol. The SMILES string of the molecule is Cc1ccc(OCC(=O)N/N=C/C(C)c2ccccc2)cc1C. The van der Waals surface area contributed by atoms with E-state index in [2.05, 4.69) is 10.5 Å². The van der Waals surface area contributed by atoms with Crippen molar-refractivity contribution in [1.82, 2.24) is 5.43 Å². The lowest BCUT2D eigenvalue weighted by molar-refractivity contribution is -0.123. The maximum atomic E-state index is 11.7. The highest BCUT2D eigenvalue weighted by molar-refractivity contribution is 5.79. The highest BCUT2D eigenvalue weighted by Crippen LogP contribution is 2.16. The highest BCUT2D eigenvalue weighted by atomic mass is 16.5. The van der Waals surface area contributed by atoms with Crippen LogP contribution in [0.4, 0.5) is 0 Å². The summed E-state index contributed by atoms with van der Waals surface area (Å²) >= 11 is 0. The van der Waals surface area contributed by atoms with Crippen molar-refractivity contribution in [2.75, 3.05) is 6.61 Å². The number of hydrogen-bond acceptors (Lipinski definition) is 3. The summed E-state index contributed by atoms with van der Waals surface area (Å²) in [5, 5.41) is 3.99. The Labute approximate surface area is 137 Å². The second-order valence-electron chi connectivity index (χ2n) is 5.55. The molecule has 0 saturated heterocycles. The van der Waals surface area contributed by atoms with Crippen molar-refractivity contribution < 1.29 is 9.53 Å². The minimum Gasteiger partial charge on any atom is -0.484 e. The summed E-state index contributed by atoms with van der Waals surface area (Å²) in [5.41, 5.74) is 5.97. The number of hydrazone groups is 1. The molecule has 0 spiro atoms. The van der Waals surface area contributed by atoms with Crippen LogP contribution in [0.1, 0.15) is 29.5 Å². The molecule has 1 N–H and O–H groups in total. The Morgan fingerprint density at radius 2 is 1.91 bits per heavy atom. The third-order valence-electron chi connectivity index (χ3n) is 3.66. The van der Waals surface area contributed by atoms with Crippen LogP contribution in [-0.4, -0.2) is 18.7 Å². The van der Waals surface area contributed by atoms with Gasteiger partial charge in [-0.15, -0.1) is 0 Å².